The summed E-state index contributed by atoms with van der Waals surface area (Å²) in [6.45, 7) is 2.83. The van der Waals surface area contributed by atoms with E-state index in [4.69, 9.17) is 11.6 Å². The van der Waals surface area contributed by atoms with Gasteiger partial charge in [-0.05, 0) is 30.7 Å². The van der Waals surface area contributed by atoms with Gasteiger partial charge in [-0.3, -0.25) is 0 Å². The van der Waals surface area contributed by atoms with E-state index >= 15 is 0 Å². The number of anilines is 1. The summed E-state index contributed by atoms with van der Waals surface area (Å²) in [5.74, 6) is 0.509. The molecule has 0 amide bonds. The molecule has 0 unspecified atom stereocenters. The smallest absolute Gasteiger partial charge is 0.0898 e. The molecule has 96 valence electrons. The summed E-state index contributed by atoms with van der Waals surface area (Å²) in [5.41, 5.74) is 3.38. The Morgan fingerprint density at radius 1 is 1.44 bits per heavy atom. The molecule has 1 aromatic heterocycles. The minimum Gasteiger partial charge on any atom is -0.368 e. The molecule has 5 heteroatoms. The SMILES string of the molecule is Cc1nc(CN(C)c2ccc(Br)cc2CCl)cs1. The minimum atomic E-state index is 0.509. The van der Waals surface area contributed by atoms with Gasteiger partial charge in [-0.1, -0.05) is 15.9 Å². The first-order valence-electron chi connectivity index (χ1n) is 5.56. The molecule has 0 saturated carbocycles. The van der Waals surface area contributed by atoms with Crippen molar-refractivity contribution in [2.24, 2.45) is 0 Å². The first-order valence-corrected chi connectivity index (χ1v) is 7.77. The number of aromatic nitrogens is 1. The van der Waals surface area contributed by atoms with E-state index in [9.17, 15) is 0 Å². The molecule has 0 N–H and O–H groups in total. The average molecular weight is 346 g/mol. The van der Waals surface area contributed by atoms with Gasteiger partial charge in [0.05, 0.1) is 17.2 Å². The topological polar surface area (TPSA) is 16.1 Å². The van der Waals surface area contributed by atoms with Gasteiger partial charge in [0.15, 0.2) is 0 Å². The quantitative estimate of drug-likeness (QED) is 0.753. The van der Waals surface area contributed by atoms with E-state index in [1.54, 1.807) is 11.3 Å². The van der Waals surface area contributed by atoms with Gasteiger partial charge >= 0.3 is 0 Å². The third-order valence-electron chi connectivity index (χ3n) is 2.66. The Bertz CT molecular complexity index is 542. The summed E-state index contributed by atoms with van der Waals surface area (Å²) in [6.07, 6.45) is 0. The predicted molar refractivity (Wildman–Crippen MR) is 82.7 cm³/mol. The summed E-state index contributed by atoms with van der Waals surface area (Å²) in [6, 6.07) is 6.18. The van der Waals surface area contributed by atoms with Crippen molar-refractivity contribution in [2.45, 2.75) is 19.3 Å². The van der Waals surface area contributed by atoms with Crippen LogP contribution in [0.4, 0.5) is 5.69 Å². The van der Waals surface area contributed by atoms with Crippen molar-refractivity contribution in [1.82, 2.24) is 4.98 Å². The molecule has 0 radical (unpaired) electrons. The van der Waals surface area contributed by atoms with Gasteiger partial charge in [0.2, 0.25) is 0 Å². The molecule has 0 aliphatic carbocycles. The van der Waals surface area contributed by atoms with Gasteiger partial charge in [0, 0.05) is 28.5 Å². The molecule has 0 atom stereocenters. The molecule has 2 nitrogen and oxygen atoms in total. The van der Waals surface area contributed by atoms with Crippen LogP contribution in [0.2, 0.25) is 0 Å². The zero-order valence-electron chi connectivity index (χ0n) is 10.3. The molecule has 0 aliphatic heterocycles. The summed E-state index contributed by atoms with van der Waals surface area (Å²) >= 11 is 11.1. The summed E-state index contributed by atoms with van der Waals surface area (Å²) in [5, 5.41) is 3.21. The minimum absolute atomic E-state index is 0.509. The Morgan fingerprint density at radius 3 is 2.83 bits per heavy atom. The van der Waals surface area contributed by atoms with Gasteiger partial charge in [-0.15, -0.1) is 22.9 Å². The maximum atomic E-state index is 5.99. The lowest BCUT2D eigenvalue weighted by molar-refractivity contribution is 0.884. The van der Waals surface area contributed by atoms with Crippen LogP contribution < -0.4 is 4.90 Å². The molecule has 0 fully saturated rings. The molecule has 0 spiro atoms. The van der Waals surface area contributed by atoms with E-state index in [1.807, 2.05) is 13.0 Å². The molecule has 0 saturated heterocycles. The molecule has 0 bridgehead atoms. The molecular formula is C13H14BrClN2S. The number of hydrogen-bond donors (Lipinski definition) is 0. The molecular weight excluding hydrogens is 332 g/mol. The number of nitrogens with zero attached hydrogens (tertiary/aromatic N) is 2. The number of halogens is 2. The van der Waals surface area contributed by atoms with E-state index in [1.165, 1.54) is 0 Å². The van der Waals surface area contributed by atoms with Crippen LogP contribution >= 0.6 is 38.9 Å². The van der Waals surface area contributed by atoms with E-state index in [0.29, 0.717) is 5.88 Å². The van der Waals surface area contributed by atoms with Gasteiger partial charge in [0.1, 0.15) is 0 Å². The van der Waals surface area contributed by atoms with Crippen LogP contribution in [0.1, 0.15) is 16.3 Å². The third-order valence-corrected chi connectivity index (χ3v) is 4.27. The van der Waals surface area contributed by atoms with Gasteiger partial charge in [-0.25, -0.2) is 4.98 Å². The first-order chi connectivity index (χ1) is 8.60. The Morgan fingerprint density at radius 2 is 2.22 bits per heavy atom. The summed E-state index contributed by atoms with van der Waals surface area (Å²) < 4.78 is 1.06. The highest BCUT2D eigenvalue weighted by atomic mass is 79.9. The number of thiazole rings is 1. The number of rotatable bonds is 4. The highest BCUT2D eigenvalue weighted by Gasteiger charge is 2.09. The molecule has 1 heterocycles. The van der Waals surface area contributed by atoms with Gasteiger partial charge in [0.25, 0.3) is 0 Å². The maximum absolute atomic E-state index is 5.99. The van der Waals surface area contributed by atoms with Gasteiger partial charge in [-0.2, -0.15) is 0 Å². The van der Waals surface area contributed by atoms with E-state index < -0.39 is 0 Å². The lowest BCUT2D eigenvalue weighted by atomic mass is 10.2. The second kappa shape index (κ2) is 6.04. The second-order valence-electron chi connectivity index (χ2n) is 4.12. The Hall–Kier alpha value is -0.580. The first kappa shape index (κ1) is 13.8. The molecule has 2 rings (SSSR count). The van der Waals surface area contributed by atoms with Crippen molar-refractivity contribution in [3.63, 3.8) is 0 Å². The maximum Gasteiger partial charge on any atom is 0.0898 e. The molecule has 0 aliphatic rings. The van der Waals surface area contributed by atoms with Crippen molar-refractivity contribution in [2.75, 3.05) is 11.9 Å². The van der Waals surface area contributed by atoms with Crippen molar-refractivity contribution in [3.05, 3.63) is 44.3 Å². The van der Waals surface area contributed by atoms with Crippen LogP contribution in [0.5, 0.6) is 0 Å². The average Bonchev–Trinajstić information content (AvgIpc) is 2.74. The largest absolute Gasteiger partial charge is 0.368 e. The fourth-order valence-corrected chi connectivity index (χ4v) is 3.07. The van der Waals surface area contributed by atoms with Crippen LogP contribution in [0.25, 0.3) is 0 Å². The van der Waals surface area contributed by atoms with Crippen molar-refractivity contribution in [1.29, 1.82) is 0 Å². The van der Waals surface area contributed by atoms with E-state index in [-0.39, 0.29) is 0 Å². The van der Waals surface area contributed by atoms with Crippen LogP contribution in [0.3, 0.4) is 0 Å². The Kier molecular flexibility index (Phi) is 4.65. The van der Waals surface area contributed by atoms with E-state index in [2.05, 4.69) is 50.4 Å². The normalized spacial score (nSPS) is 10.7. The predicted octanol–water partition coefficient (Wildman–Crippen LogP) is 4.59. The summed E-state index contributed by atoms with van der Waals surface area (Å²) in [7, 11) is 2.06. The number of benzene rings is 1. The Labute approximate surface area is 125 Å². The van der Waals surface area contributed by atoms with Crippen molar-refractivity contribution < 1.29 is 0 Å². The fourth-order valence-electron chi connectivity index (χ4n) is 1.84. The molecule has 1 aromatic carbocycles. The molecule has 18 heavy (non-hydrogen) atoms. The fraction of sp³-hybridized carbons (Fsp3) is 0.308. The number of alkyl halides is 1. The van der Waals surface area contributed by atoms with Gasteiger partial charge < -0.3 is 4.90 Å². The highest BCUT2D eigenvalue weighted by Crippen LogP contribution is 2.26. The zero-order valence-corrected chi connectivity index (χ0v) is 13.4. The second-order valence-corrected chi connectivity index (χ2v) is 6.37. The van der Waals surface area contributed by atoms with Crippen LogP contribution in [0.15, 0.2) is 28.1 Å². The standard InChI is InChI=1S/C13H14BrClN2S/c1-9-16-12(8-18-9)7-17(2)13-4-3-11(14)5-10(13)6-15/h3-5,8H,6-7H2,1-2H3. The van der Waals surface area contributed by atoms with Crippen LogP contribution in [0, 0.1) is 6.92 Å². The third kappa shape index (κ3) is 3.25. The van der Waals surface area contributed by atoms with Crippen molar-refractivity contribution >= 4 is 44.6 Å². The van der Waals surface area contributed by atoms with Crippen LogP contribution in [-0.4, -0.2) is 12.0 Å². The lowest BCUT2D eigenvalue weighted by Gasteiger charge is -2.21. The lowest BCUT2D eigenvalue weighted by Crippen LogP contribution is -2.18. The molecule has 2 aromatic rings. The monoisotopic (exact) mass is 344 g/mol. The Balaban J connectivity index is 2.20. The van der Waals surface area contributed by atoms with E-state index in [0.717, 1.165) is 33.0 Å². The summed E-state index contributed by atoms with van der Waals surface area (Å²) in [4.78, 5) is 6.66. The highest BCUT2D eigenvalue weighted by molar-refractivity contribution is 9.10. The van der Waals surface area contributed by atoms with Crippen molar-refractivity contribution in [3.8, 4) is 0 Å². The number of aryl methyl sites for hydroxylation is 1. The number of hydrogen-bond acceptors (Lipinski definition) is 3. The van der Waals surface area contributed by atoms with Crippen LogP contribution in [-0.2, 0) is 12.4 Å². The zero-order chi connectivity index (χ0) is 13.1.